The summed E-state index contributed by atoms with van der Waals surface area (Å²) in [6.07, 6.45) is 0.891. The molecule has 1 atom stereocenters. The molecular weight excluding hydrogens is 354 g/mol. The first-order valence-electron chi connectivity index (χ1n) is 9.63. The predicted octanol–water partition coefficient (Wildman–Crippen LogP) is 2.92. The number of amides is 1. The quantitative estimate of drug-likeness (QED) is 0.712. The van der Waals surface area contributed by atoms with Crippen molar-refractivity contribution in [2.45, 2.75) is 47.1 Å². The molecule has 0 unspecified atom stereocenters. The molecule has 28 heavy (non-hydrogen) atoms. The normalized spacial score (nSPS) is 12.5. The van der Waals surface area contributed by atoms with Crippen molar-refractivity contribution >= 4 is 16.8 Å². The van der Waals surface area contributed by atoms with Crippen LogP contribution in [0.5, 0.6) is 0 Å². The van der Waals surface area contributed by atoms with E-state index in [-0.39, 0.29) is 11.5 Å². The summed E-state index contributed by atoms with van der Waals surface area (Å²) in [5.74, 6) is 0.295. The number of carbonyl (C=O) groups is 1. The minimum Gasteiger partial charge on any atom is -0.354 e. The van der Waals surface area contributed by atoms with E-state index < -0.39 is 6.04 Å². The number of aromatic nitrogens is 4. The van der Waals surface area contributed by atoms with Crippen LogP contribution in [-0.2, 0) is 4.79 Å². The molecule has 0 aliphatic rings. The molecule has 0 fully saturated rings. The number of benzene rings is 1. The molecule has 0 radical (unpaired) electrons. The summed E-state index contributed by atoms with van der Waals surface area (Å²) in [7, 11) is 0. The lowest BCUT2D eigenvalue weighted by Gasteiger charge is -2.15. The van der Waals surface area contributed by atoms with Crippen molar-refractivity contribution in [2.75, 3.05) is 6.54 Å². The van der Waals surface area contributed by atoms with Gasteiger partial charge in [0.1, 0.15) is 11.6 Å². The van der Waals surface area contributed by atoms with Crippen LogP contribution >= 0.6 is 0 Å². The highest BCUT2D eigenvalue weighted by atomic mass is 16.2. The van der Waals surface area contributed by atoms with Crippen LogP contribution in [0.2, 0.25) is 0 Å². The van der Waals surface area contributed by atoms with Gasteiger partial charge in [-0.15, -0.1) is 0 Å². The van der Waals surface area contributed by atoms with E-state index >= 15 is 0 Å². The van der Waals surface area contributed by atoms with Crippen molar-refractivity contribution < 1.29 is 4.79 Å². The zero-order chi connectivity index (χ0) is 20.4. The van der Waals surface area contributed by atoms with Crippen molar-refractivity contribution in [2.24, 2.45) is 5.92 Å². The van der Waals surface area contributed by atoms with Crippen LogP contribution in [-0.4, -0.2) is 32.0 Å². The van der Waals surface area contributed by atoms with Crippen LogP contribution in [0, 0.1) is 19.8 Å². The van der Waals surface area contributed by atoms with E-state index in [1.54, 1.807) is 11.6 Å². The van der Waals surface area contributed by atoms with Gasteiger partial charge >= 0.3 is 0 Å². The van der Waals surface area contributed by atoms with Gasteiger partial charge in [-0.3, -0.25) is 9.59 Å². The summed E-state index contributed by atoms with van der Waals surface area (Å²) in [6, 6.07) is 8.96. The van der Waals surface area contributed by atoms with Crippen molar-refractivity contribution in [3.63, 3.8) is 0 Å². The Kier molecular flexibility index (Phi) is 5.63. The number of hydrogen-bond donors (Lipinski definition) is 1. The van der Waals surface area contributed by atoms with Crippen molar-refractivity contribution in [3.05, 3.63) is 52.1 Å². The van der Waals surface area contributed by atoms with Gasteiger partial charge in [0.15, 0.2) is 0 Å². The minimum atomic E-state index is -0.692. The van der Waals surface area contributed by atoms with Crippen LogP contribution in [0.3, 0.4) is 0 Å². The number of nitrogens with zero attached hydrogens (tertiary/aromatic N) is 4. The largest absolute Gasteiger partial charge is 0.354 e. The lowest BCUT2D eigenvalue weighted by molar-refractivity contribution is -0.124. The molecule has 7 nitrogen and oxygen atoms in total. The Morgan fingerprint density at radius 2 is 1.79 bits per heavy atom. The van der Waals surface area contributed by atoms with Crippen LogP contribution in [0.15, 0.2) is 35.1 Å². The molecule has 0 aliphatic carbocycles. The van der Waals surface area contributed by atoms with E-state index in [9.17, 15) is 9.59 Å². The number of para-hydroxylation sites is 1. The molecule has 0 spiro atoms. The summed E-state index contributed by atoms with van der Waals surface area (Å²) < 4.78 is 3.02. The lowest BCUT2D eigenvalue weighted by atomic mass is 10.1. The third kappa shape index (κ3) is 3.69. The van der Waals surface area contributed by atoms with Gasteiger partial charge in [-0.1, -0.05) is 32.0 Å². The minimum absolute atomic E-state index is 0.206. The van der Waals surface area contributed by atoms with Gasteiger partial charge in [0, 0.05) is 6.54 Å². The van der Waals surface area contributed by atoms with Gasteiger partial charge in [0.05, 0.1) is 22.5 Å². The molecule has 7 heteroatoms. The van der Waals surface area contributed by atoms with E-state index in [0.717, 1.165) is 17.8 Å². The average Bonchev–Trinajstić information content (AvgIpc) is 3.02. The van der Waals surface area contributed by atoms with Gasteiger partial charge in [0.25, 0.3) is 5.56 Å². The van der Waals surface area contributed by atoms with E-state index in [1.807, 2.05) is 44.2 Å². The molecule has 0 saturated carbocycles. The van der Waals surface area contributed by atoms with Crippen LogP contribution in [0.25, 0.3) is 16.6 Å². The van der Waals surface area contributed by atoms with E-state index in [2.05, 4.69) is 29.4 Å². The first-order chi connectivity index (χ1) is 13.3. The third-order valence-electron chi connectivity index (χ3n) is 4.91. The number of aryl methyl sites for hydroxylation is 2. The molecule has 2 aromatic heterocycles. The molecule has 148 valence electrons. The maximum atomic E-state index is 13.1. The lowest BCUT2D eigenvalue weighted by Crippen LogP contribution is -2.38. The molecular formula is C21H27N5O2. The van der Waals surface area contributed by atoms with Gasteiger partial charge < -0.3 is 5.32 Å². The Bertz CT molecular complexity index is 1050. The maximum Gasteiger partial charge on any atom is 0.278 e. The van der Waals surface area contributed by atoms with E-state index in [4.69, 9.17) is 0 Å². The van der Waals surface area contributed by atoms with Gasteiger partial charge in [0.2, 0.25) is 5.91 Å². The third-order valence-corrected chi connectivity index (χ3v) is 4.91. The Morgan fingerprint density at radius 3 is 2.43 bits per heavy atom. The number of hydrogen-bond acceptors (Lipinski definition) is 4. The SMILES string of the molecule is Cc1nn([C@@H](C)C(=O)NCCC(C)C)c(=O)c2c(C)n(-c3ccccc3)nc12. The van der Waals surface area contributed by atoms with E-state index in [1.165, 1.54) is 4.68 Å². The van der Waals surface area contributed by atoms with Crippen molar-refractivity contribution in [1.82, 2.24) is 24.9 Å². The summed E-state index contributed by atoms with van der Waals surface area (Å²) in [6.45, 7) is 10.2. The average molecular weight is 381 g/mol. The smallest absolute Gasteiger partial charge is 0.278 e. The van der Waals surface area contributed by atoms with Gasteiger partial charge in [-0.2, -0.15) is 10.2 Å². The highest BCUT2D eigenvalue weighted by Gasteiger charge is 2.23. The highest BCUT2D eigenvalue weighted by molar-refractivity contribution is 5.84. The second kappa shape index (κ2) is 7.96. The van der Waals surface area contributed by atoms with Crippen LogP contribution in [0.1, 0.15) is 44.6 Å². The fourth-order valence-corrected chi connectivity index (χ4v) is 3.21. The fourth-order valence-electron chi connectivity index (χ4n) is 3.21. The van der Waals surface area contributed by atoms with E-state index in [0.29, 0.717) is 29.1 Å². The number of rotatable bonds is 6. The molecule has 0 bridgehead atoms. The molecule has 1 amide bonds. The zero-order valence-corrected chi connectivity index (χ0v) is 17.1. The van der Waals surface area contributed by atoms with Crippen LogP contribution < -0.4 is 10.9 Å². The highest BCUT2D eigenvalue weighted by Crippen LogP contribution is 2.20. The summed E-state index contributed by atoms with van der Waals surface area (Å²) in [5, 5.41) is 12.4. The first kappa shape index (κ1) is 19.8. The number of fused-ring (bicyclic) bond motifs is 1. The standard InChI is InChI=1S/C21H27N5O2/c1-13(2)11-12-22-20(27)16(5)26-21(28)18-15(4)25(17-9-7-6-8-10-17)24-19(18)14(3)23-26/h6-10,13,16H,11-12H2,1-5H3,(H,22,27)/t16-/m0/s1. The monoisotopic (exact) mass is 381 g/mol. The Balaban J connectivity index is 2.02. The molecule has 1 N–H and O–H groups in total. The Hall–Kier alpha value is -2.96. The van der Waals surface area contributed by atoms with Crippen molar-refractivity contribution in [3.8, 4) is 5.69 Å². The zero-order valence-electron chi connectivity index (χ0n) is 17.1. The predicted molar refractivity (Wildman–Crippen MR) is 110 cm³/mol. The molecule has 3 rings (SSSR count). The number of carbonyl (C=O) groups excluding carboxylic acids is 1. The second-order valence-corrected chi connectivity index (χ2v) is 7.54. The van der Waals surface area contributed by atoms with Gasteiger partial charge in [-0.25, -0.2) is 9.36 Å². The fraction of sp³-hybridized carbons (Fsp3) is 0.429. The Morgan fingerprint density at radius 1 is 1.11 bits per heavy atom. The second-order valence-electron chi connectivity index (χ2n) is 7.54. The Labute approximate surface area is 164 Å². The first-order valence-corrected chi connectivity index (χ1v) is 9.63. The van der Waals surface area contributed by atoms with Gasteiger partial charge in [-0.05, 0) is 45.2 Å². The molecule has 0 aliphatic heterocycles. The van der Waals surface area contributed by atoms with Crippen LogP contribution in [0.4, 0.5) is 0 Å². The van der Waals surface area contributed by atoms with Crippen molar-refractivity contribution in [1.29, 1.82) is 0 Å². The summed E-state index contributed by atoms with van der Waals surface area (Å²) in [5.41, 5.74) is 2.50. The topological polar surface area (TPSA) is 81.8 Å². The summed E-state index contributed by atoms with van der Waals surface area (Å²) in [4.78, 5) is 25.6. The molecule has 2 heterocycles. The molecule has 3 aromatic rings. The molecule has 1 aromatic carbocycles. The summed E-state index contributed by atoms with van der Waals surface area (Å²) >= 11 is 0. The number of nitrogens with one attached hydrogen (secondary N) is 1. The maximum absolute atomic E-state index is 13.1. The molecule has 0 saturated heterocycles.